The van der Waals surface area contributed by atoms with Gasteiger partial charge >= 0.3 is 0 Å². The standard InChI is InChI=1S/C14H21BrN2OS.ClH/c1-3-16-11(2)10-17-14(18)8-9-19-13-6-4-12(15)5-7-13;/h4-7,11,16H,3,8-10H2,1-2H3,(H,17,18);1H/t11-;/m1./s1. The van der Waals surface area contributed by atoms with Crippen molar-refractivity contribution in [2.75, 3.05) is 18.8 Å². The first-order chi connectivity index (χ1) is 9.11. The Morgan fingerprint density at radius 3 is 2.60 bits per heavy atom. The molecule has 6 heteroatoms. The number of hydrogen-bond acceptors (Lipinski definition) is 3. The van der Waals surface area contributed by atoms with Crippen molar-refractivity contribution in [2.45, 2.75) is 31.2 Å². The van der Waals surface area contributed by atoms with Gasteiger partial charge in [0.1, 0.15) is 0 Å². The van der Waals surface area contributed by atoms with Crippen LogP contribution in [-0.2, 0) is 4.79 Å². The lowest BCUT2D eigenvalue weighted by Crippen LogP contribution is -2.38. The van der Waals surface area contributed by atoms with E-state index < -0.39 is 0 Å². The lowest BCUT2D eigenvalue weighted by atomic mass is 10.3. The zero-order chi connectivity index (χ0) is 14.1. The van der Waals surface area contributed by atoms with Gasteiger partial charge < -0.3 is 10.6 Å². The molecule has 0 aromatic heterocycles. The van der Waals surface area contributed by atoms with Crippen LogP contribution in [0.4, 0.5) is 0 Å². The van der Waals surface area contributed by atoms with Crippen LogP contribution >= 0.6 is 40.1 Å². The van der Waals surface area contributed by atoms with E-state index in [4.69, 9.17) is 0 Å². The lowest BCUT2D eigenvalue weighted by Gasteiger charge is -2.13. The quantitative estimate of drug-likeness (QED) is 0.678. The molecule has 0 spiro atoms. The second kappa shape index (κ2) is 11.4. The summed E-state index contributed by atoms with van der Waals surface area (Å²) in [6, 6.07) is 8.47. The molecule has 3 nitrogen and oxygen atoms in total. The van der Waals surface area contributed by atoms with Crippen LogP contribution in [0, 0.1) is 0 Å². The van der Waals surface area contributed by atoms with Gasteiger partial charge in [0.05, 0.1) is 0 Å². The van der Waals surface area contributed by atoms with E-state index in [-0.39, 0.29) is 18.3 Å². The first-order valence-electron chi connectivity index (χ1n) is 6.50. The van der Waals surface area contributed by atoms with Crippen LogP contribution in [0.3, 0.4) is 0 Å². The summed E-state index contributed by atoms with van der Waals surface area (Å²) in [4.78, 5) is 12.8. The Kier molecular flexibility index (Phi) is 11.3. The molecular weight excluding hydrogens is 360 g/mol. The van der Waals surface area contributed by atoms with E-state index in [1.807, 2.05) is 12.1 Å². The van der Waals surface area contributed by atoms with Gasteiger partial charge in [-0.2, -0.15) is 0 Å². The molecule has 1 atom stereocenters. The van der Waals surface area contributed by atoms with Crippen molar-refractivity contribution in [2.24, 2.45) is 0 Å². The average molecular weight is 382 g/mol. The molecular formula is C14H22BrClN2OS. The molecule has 20 heavy (non-hydrogen) atoms. The number of likely N-dealkylation sites (N-methyl/N-ethyl adjacent to an activating group) is 1. The lowest BCUT2D eigenvalue weighted by molar-refractivity contribution is -0.120. The van der Waals surface area contributed by atoms with E-state index >= 15 is 0 Å². The number of carbonyl (C=O) groups is 1. The highest BCUT2D eigenvalue weighted by Gasteiger charge is 2.04. The summed E-state index contributed by atoms with van der Waals surface area (Å²) in [5, 5.41) is 6.20. The highest BCUT2D eigenvalue weighted by atomic mass is 79.9. The maximum Gasteiger partial charge on any atom is 0.220 e. The van der Waals surface area contributed by atoms with E-state index in [2.05, 4.69) is 52.5 Å². The number of carbonyl (C=O) groups excluding carboxylic acids is 1. The van der Waals surface area contributed by atoms with Crippen LogP contribution in [0.1, 0.15) is 20.3 Å². The summed E-state index contributed by atoms with van der Waals surface area (Å²) in [6.45, 7) is 5.75. The fraction of sp³-hybridized carbons (Fsp3) is 0.500. The van der Waals surface area contributed by atoms with Gasteiger partial charge in [-0.15, -0.1) is 24.2 Å². The van der Waals surface area contributed by atoms with Gasteiger partial charge in [0.2, 0.25) is 5.91 Å². The van der Waals surface area contributed by atoms with Crippen molar-refractivity contribution in [1.82, 2.24) is 10.6 Å². The highest BCUT2D eigenvalue weighted by Crippen LogP contribution is 2.20. The summed E-state index contributed by atoms with van der Waals surface area (Å²) >= 11 is 5.11. The number of amides is 1. The van der Waals surface area contributed by atoms with Crippen molar-refractivity contribution >= 4 is 46.0 Å². The zero-order valence-electron chi connectivity index (χ0n) is 11.8. The fourth-order valence-corrected chi connectivity index (χ4v) is 2.68. The number of benzene rings is 1. The minimum Gasteiger partial charge on any atom is -0.355 e. The summed E-state index contributed by atoms with van der Waals surface area (Å²) < 4.78 is 1.08. The minimum atomic E-state index is 0. The maximum absolute atomic E-state index is 11.6. The van der Waals surface area contributed by atoms with Crippen molar-refractivity contribution in [1.29, 1.82) is 0 Å². The molecule has 1 rings (SSSR count). The van der Waals surface area contributed by atoms with Gasteiger partial charge in [-0.1, -0.05) is 22.9 Å². The summed E-state index contributed by atoms with van der Waals surface area (Å²) in [6.07, 6.45) is 0.555. The smallest absolute Gasteiger partial charge is 0.220 e. The molecule has 0 unspecified atom stereocenters. The predicted octanol–water partition coefficient (Wildman–Crippen LogP) is 3.47. The number of nitrogens with one attached hydrogen (secondary N) is 2. The van der Waals surface area contributed by atoms with Crippen LogP contribution in [0.25, 0.3) is 0 Å². The third-order valence-electron chi connectivity index (χ3n) is 2.57. The summed E-state index contributed by atoms with van der Waals surface area (Å²) in [7, 11) is 0. The molecule has 0 radical (unpaired) electrons. The first kappa shape index (κ1) is 19.8. The Morgan fingerprint density at radius 1 is 1.35 bits per heavy atom. The first-order valence-corrected chi connectivity index (χ1v) is 8.28. The number of hydrogen-bond donors (Lipinski definition) is 2. The molecule has 1 amide bonds. The third-order valence-corrected chi connectivity index (χ3v) is 4.11. The van der Waals surface area contributed by atoms with Crippen LogP contribution in [0.2, 0.25) is 0 Å². The molecule has 0 aliphatic carbocycles. The molecule has 0 saturated heterocycles. The molecule has 114 valence electrons. The maximum atomic E-state index is 11.6. The predicted molar refractivity (Wildman–Crippen MR) is 92.9 cm³/mol. The molecule has 0 fully saturated rings. The minimum absolute atomic E-state index is 0. The fourth-order valence-electron chi connectivity index (χ4n) is 1.57. The van der Waals surface area contributed by atoms with Crippen LogP contribution in [0.5, 0.6) is 0 Å². The van der Waals surface area contributed by atoms with Crippen molar-refractivity contribution in [3.8, 4) is 0 Å². The average Bonchev–Trinajstić information content (AvgIpc) is 2.39. The molecule has 0 aliphatic heterocycles. The van der Waals surface area contributed by atoms with Gasteiger partial charge in [0.25, 0.3) is 0 Å². The van der Waals surface area contributed by atoms with Gasteiger partial charge in [0.15, 0.2) is 0 Å². The monoisotopic (exact) mass is 380 g/mol. The molecule has 2 N–H and O–H groups in total. The Hall–Kier alpha value is -0.230. The van der Waals surface area contributed by atoms with Gasteiger partial charge in [-0.3, -0.25) is 4.79 Å². The molecule has 1 aromatic rings. The third kappa shape index (κ3) is 8.84. The van der Waals surface area contributed by atoms with E-state index in [1.54, 1.807) is 11.8 Å². The molecule has 0 saturated carbocycles. The van der Waals surface area contributed by atoms with Gasteiger partial charge in [0, 0.05) is 34.1 Å². The Labute approximate surface area is 140 Å². The van der Waals surface area contributed by atoms with E-state index in [0.29, 0.717) is 19.0 Å². The Balaban J connectivity index is 0.00000361. The second-order valence-electron chi connectivity index (χ2n) is 4.32. The molecule has 1 aromatic carbocycles. The molecule has 0 bridgehead atoms. The van der Waals surface area contributed by atoms with Crippen molar-refractivity contribution < 1.29 is 4.79 Å². The summed E-state index contributed by atoms with van der Waals surface area (Å²) in [5.74, 6) is 0.928. The number of rotatable bonds is 8. The topological polar surface area (TPSA) is 41.1 Å². The zero-order valence-corrected chi connectivity index (χ0v) is 15.0. The largest absolute Gasteiger partial charge is 0.355 e. The van der Waals surface area contributed by atoms with Gasteiger partial charge in [-0.05, 0) is 37.7 Å². The number of thioether (sulfide) groups is 1. The van der Waals surface area contributed by atoms with Crippen LogP contribution in [-0.4, -0.2) is 30.8 Å². The summed E-state index contributed by atoms with van der Waals surface area (Å²) in [5.41, 5.74) is 0. The Morgan fingerprint density at radius 2 is 2.00 bits per heavy atom. The van der Waals surface area contributed by atoms with Gasteiger partial charge in [-0.25, -0.2) is 0 Å². The molecule has 0 aliphatic rings. The highest BCUT2D eigenvalue weighted by molar-refractivity contribution is 9.10. The van der Waals surface area contributed by atoms with Crippen LogP contribution in [0.15, 0.2) is 33.6 Å². The molecule has 0 heterocycles. The Bertz CT molecular complexity index is 389. The van der Waals surface area contributed by atoms with Crippen LogP contribution < -0.4 is 10.6 Å². The van der Waals surface area contributed by atoms with E-state index in [1.165, 1.54) is 4.90 Å². The van der Waals surface area contributed by atoms with E-state index in [0.717, 1.165) is 16.8 Å². The number of halogens is 2. The SMILES string of the molecule is CCN[C@H](C)CNC(=O)CCSc1ccc(Br)cc1.Cl. The van der Waals surface area contributed by atoms with E-state index in [9.17, 15) is 4.79 Å². The van der Waals surface area contributed by atoms with Crippen molar-refractivity contribution in [3.05, 3.63) is 28.7 Å². The van der Waals surface area contributed by atoms with Crippen molar-refractivity contribution in [3.63, 3.8) is 0 Å². The normalized spacial score (nSPS) is 11.6. The second-order valence-corrected chi connectivity index (χ2v) is 6.40.